The van der Waals surface area contributed by atoms with Gasteiger partial charge in [0.2, 0.25) is 0 Å². The Balaban J connectivity index is 1.83. The van der Waals surface area contributed by atoms with E-state index < -0.39 is 0 Å². The van der Waals surface area contributed by atoms with E-state index in [1.807, 2.05) is 0 Å². The third kappa shape index (κ3) is 2.18. The number of aryl methyl sites for hydroxylation is 2. The number of nitrogens with zero attached hydrogens (tertiary/aromatic N) is 3. The summed E-state index contributed by atoms with van der Waals surface area (Å²) in [4.78, 5) is 9.43. The molecule has 0 aromatic carbocycles. The molecule has 4 nitrogen and oxygen atoms in total. The van der Waals surface area contributed by atoms with Crippen molar-refractivity contribution in [2.24, 2.45) is 0 Å². The van der Waals surface area contributed by atoms with Crippen molar-refractivity contribution in [2.45, 2.75) is 39.3 Å². The number of aliphatic hydroxyl groups excluding tert-OH is 1. The molecule has 1 saturated heterocycles. The maximum absolute atomic E-state index is 9.54. The molecule has 0 radical (unpaired) electrons. The first-order valence-electron chi connectivity index (χ1n) is 6.48. The molecular weight excluding hydrogens is 246 g/mol. The minimum absolute atomic E-state index is 0.101. The number of hydrogen-bond donors (Lipinski definition) is 1. The average molecular weight is 265 g/mol. The van der Waals surface area contributed by atoms with Crippen molar-refractivity contribution < 1.29 is 5.11 Å². The Morgan fingerprint density at radius 1 is 1.39 bits per heavy atom. The Morgan fingerprint density at radius 3 is 2.83 bits per heavy atom. The van der Waals surface area contributed by atoms with Crippen molar-refractivity contribution in [1.82, 2.24) is 14.3 Å². The fourth-order valence-electron chi connectivity index (χ4n) is 2.59. The van der Waals surface area contributed by atoms with E-state index in [4.69, 9.17) is 0 Å². The zero-order valence-corrected chi connectivity index (χ0v) is 11.7. The zero-order chi connectivity index (χ0) is 12.7. The van der Waals surface area contributed by atoms with Gasteiger partial charge in [0.15, 0.2) is 4.96 Å². The first kappa shape index (κ1) is 12.1. The van der Waals surface area contributed by atoms with E-state index >= 15 is 0 Å². The predicted molar refractivity (Wildman–Crippen MR) is 73.1 cm³/mol. The number of aromatic nitrogens is 2. The van der Waals surface area contributed by atoms with Gasteiger partial charge in [0, 0.05) is 30.7 Å². The number of aliphatic hydroxyl groups is 1. The number of imidazole rings is 1. The molecule has 2 aromatic heterocycles. The van der Waals surface area contributed by atoms with Gasteiger partial charge in [-0.3, -0.25) is 9.30 Å². The molecule has 1 fully saturated rings. The number of hydrogen-bond acceptors (Lipinski definition) is 4. The maximum atomic E-state index is 9.54. The molecular formula is C13H19N3OS. The van der Waals surface area contributed by atoms with Crippen LogP contribution in [0, 0.1) is 13.8 Å². The Morgan fingerprint density at radius 2 is 2.11 bits per heavy atom. The van der Waals surface area contributed by atoms with Crippen molar-refractivity contribution in [1.29, 1.82) is 0 Å². The molecule has 0 atom stereocenters. The van der Waals surface area contributed by atoms with Gasteiger partial charge in [-0.15, -0.1) is 11.3 Å². The number of fused-ring (bicyclic) bond motifs is 1. The van der Waals surface area contributed by atoms with Crippen LogP contribution < -0.4 is 0 Å². The van der Waals surface area contributed by atoms with Crippen LogP contribution in [0.1, 0.15) is 29.1 Å². The minimum atomic E-state index is -0.101. The second kappa shape index (κ2) is 4.64. The van der Waals surface area contributed by atoms with Crippen LogP contribution in [0.5, 0.6) is 0 Å². The summed E-state index contributed by atoms with van der Waals surface area (Å²) in [5.74, 6) is 0. The summed E-state index contributed by atoms with van der Waals surface area (Å²) in [5, 5.41) is 9.54. The Bertz CT molecular complexity index is 552. The van der Waals surface area contributed by atoms with Gasteiger partial charge in [0.05, 0.1) is 17.5 Å². The zero-order valence-electron chi connectivity index (χ0n) is 10.9. The van der Waals surface area contributed by atoms with Gasteiger partial charge in [-0.25, -0.2) is 4.98 Å². The van der Waals surface area contributed by atoms with E-state index in [9.17, 15) is 5.11 Å². The monoisotopic (exact) mass is 265 g/mol. The van der Waals surface area contributed by atoms with Gasteiger partial charge in [-0.1, -0.05) is 0 Å². The van der Waals surface area contributed by atoms with Crippen molar-refractivity contribution in [3.8, 4) is 0 Å². The van der Waals surface area contributed by atoms with Crippen LogP contribution in [-0.4, -0.2) is 38.6 Å². The highest BCUT2D eigenvalue weighted by atomic mass is 32.1. The summed E-state index contributed by atoms with van der Waals surface area (Å²) in [6.45, 7) is 7.11. The van der Waals surface area contributed by atoms with E-state index in [0.29, 0.717) is 0 Å². The van der Waals surface area contributed by atoms with Crippen molar-refractivity contribution >= 4 is 16.3 Å². The molecule has 0 spiro atoms. The highest BCUT2D eigenvalue weighted by Crippen LogP contribution is 2.22. The lowest BCUT2D eigenvalue weighted by atomic mass is 10.1. The fourth-order valence-corrected chi connectivity index (χ4v) is 3.48. The number of rotatable bonds is 2. The van der Waals surface area contributed by atoms with Gasteiger partial charge in [-0.05, 0) is 26.7 Å². The van der Waals surface area contributed by atoms with Gasteiger partial charge >= 0.3 is 0 Å². The lowest BCUT2D eigenvalue weighted by Crippen LogP contribution is -2.35. The summed E-state index contributed by atoms with van der Waals surface area (Å²) in [6.07, 6.45) is 3.86. The van der Waals surface area contributed by atoms with Crippen molar-refractivity contribution in [2.75, 3.05) is 13.1 Å². The average Bonchev–Trinajstić information content (AvgIpc) is 2.80. The maximum Gasteiger partial charge on any atom is 0.194 e. The molecule has 3 rings (SSSR count). The lowest BCUT2D eigenvalue weighted by molar-refractivity contribution is 0.0785. The standard InChI is InChI=1S/C13H19N3OS/c1-9-7-16-12(10(2)14-13(16)18-9)8-15-5-3-11(17)4-6-15/h7,11,17H,3-6,8H2,1-2H3. The number of thiazole rings is 1. The van der Waals surface area contributed by atoms with Crippen molar-refractivity contribution in [3.05, 3.63) is 22.5 Å². The molecule has 3 heterocycles. The molecule has 0 amide bonds. The molecule has 0 bridgehead atoms. The second-order valence-corrected chi connectivity index (χ2v) is 6.36. The van der Waals surface area contributed by atoms with E-state index in [1.165, 1.54) is 10.6 Å². The molecule has 0 unspecified atom stereocenters. The van der Waals surface area contributed by atoms with Crippen LogP contribution in [0.15, 0.2) is 6.20 Å². The minimum Gasteiger partial charge on any atom is -0.393 e. The van der Waals surface area contributed by atoms with Crippen LogP contribution >= 0.6 is 11.3 Å². The SMILES string of the molecule is Cc1cn2c(CN3CCC(O)CC3)c(C)nc2s1. The van der Waals surface area contributed by atoms with Gasteiger partial charge in [0.25, 0.3) is 0 Å². The fraction of sp³-hybridized carbons (Fsp3) is 0.615. The molecule has 2 aromatic rings. The van der Waals surface area contributed by atoms with E-state index in [1.54, 1.807) is 11.3 Å². The van der Waals surface area contributed by atoms with E-state index in [-0.39, 0.29) is 6.10 Å². The lowest BCUT2D eigenvalue weighted by Gasteiger charge is -2.29. The van der Waals surface area contributed by atoms with Gasteiger partial charge < -0.3 is 5.11 Å². The predicted octanol–water partition coefficient (Wildman–Crippen LogP) is 1.97. The number of piperidine rings is 1. The molecule has 1 aliphatic heterocycles. The van der Waals surface area contributed by atoms with Crippen LogP contribution in [0.2, 0.25) is 0 Å². The van der Waals surface area contributed by atoms with Gasteiger partial charge in [-0.2, -0.15) is 0 Å². The third-order valence-corrected chi connectivity index (χ3v) is 4.57. The summed E-state index contributed by atoms with van der Waals surface area (Å²) in [5.41, 5.74) is 2.43. The molecule has 0 aliphatic carbocycles. The second-order valence-electron chi connectivity index (χ2n) is 5.15. The topological polar surface area (TPSA) is 40.8 Å². The van der Waals surface area contributed by atoms with Crippen molar-refractivity contribution in [3.63, 3.8) is 0 Å². The quantitative estimate of drug-likeness (QED) is 0.902. The first-order valence-corrected chi connectivity index (χ1v) is 7.29. The first-order chi connectivity index (χ1) is 8.63. The third-order valence-electron chi connectivity index (χ3n) is 3.67. The molecule has 0 saturated carbocycles. The molecule has 1 N–H and O–H groups in total. The van der Waals surface area contributed by atoms with Crippen LogP contribution in [-0.2, 0) is 6.54 Å². The van der Waals surface area contributed by atoms with Crippen LogP contribution in [0.3, 0.4) is 0 Å². The van der Waals surface area contributed by atoms with Gasteiger partial charge in [0.1, 0.15) is 0 Å². The highest BCUT2D eigenvalue weighted by Gasteiger charge is 2.20. The largest absolute Gasteiger partial charge is 0.393 e. The molecule has 1 aliphatic rings. The molecule has 18 heavy (non-hydrogen) atoms. The summed E-state index contributed by atoms with van der Waals surface area (Å²) in [7, 11) is 0. The van der Waals surface area contributed by atoms with E-state index in [2.05, 4.69) is 34.3 Å². The number of likely N-dealkylation sites (tertiary alicyclic amines) is 1. The van der Waals surface area contributed by atoms with Crippen LogP contribution in [0.25, 0.3) is 4.96 Å². The molecule has 5 heteroatoms. The Kier molecular flexibility index (Phi) is 3.13. The van der Waals surface area contributed by atoms with Crippen LogP contribution in [0.4, 0.5) is 0 Å². The summed E-state index contributed by atoms with van der Waals surface area (Å²) >= 11 is 1.74. The Hall–Kier alpha value is -0.910. The molecule has 98 valence electrons. The van der Waals surface area contributed by atoms with E-state index in [0.717, 1.165) is 43.1 Å². The summed E-state index contributed by atoms with van der Waals surface area (Å²) < 4.78 is 2.22. The summed E-state index contributed by atoms with van der Waals surface area (Å²) in [6, 6.07) is 0. The Labute approximate surface area is 111 Å². The highest BCUT2D eigenvalue weighted by molar-refractivity contribution is 7.17. The smallest absolute Gasteiger partial charge is 0.194 e. The normalized spacial score (nSPS) is 18.8.